The number of carboxylic acids is 1. The number of nitrogens with zero attached hydrogens (tertiary/aromatic N) is 2. The molecule has 0 aliphatic rings. The largest absolute Gasteiger partial charge is 0.480 e. The fourth-order valence-electron chi connectivity index (χ4n) is 2.21. The first-order valence-corrected chi connectivity index (χ1v) is 8.47. The van der Waals surface area contributed by atoms with E-state index in [2.05, 4.69) is 25.6 Å². The molecule has 1 aromatic heterocycles. The molecule has 2 amide bonds. The molecular weight excluding hydrogens is 372 g/mol. The highest BCUT2D eigenvalue weighted by Crippen LogP contribution is 2.01. The molecule has 11 N–H and O–H groups in total. The number of imidazole rings is 1. The van der Waals surface area contributed by atoms with Crippen LogP contribution in [0.1, 0.15) is 18.5 Å². The fourth-order valence-corrected chi connectivity index (χ4v) is 2.21. The van der Waals surface area contributed by atoms with Crippen LogP contribution in [-0.4, -0.2) is 75.2 Å². The number of nitrogens with one attached hydrogen (secondary N) is 3. The molecule has 13 nitrogen and oxygen atoms in total. The third-order valence-electron chi connectivity index (χ3n) is 3.71. The lowest BCUT2D eigenvalue weighted by atomic mass is 10.1. The number of aliphatic imine (C=N–C) groups is 1. The van der Waals surface area contributed by atoms with Crippen LogP contribution in [0.5, 0.6) is 0 Å². The molecule has 0 spiro atoms. The van der Waals surface area contributed by atoms with Gasteiger partial charge in [-0.3, -0.25) is 14.6 Å². The van der Waals surface area contributed by atoms with Gasteiger partial charge in [-0.15, -0.1) is 0 Å². The van der Waals surface area contributed by atoms with Gasteiger partial charge in [0.1, 0.15) is 12.1 Å². The fraction of sp³-hybridized carbons (Fsp3) is 0.533. The Balaban J connectivity index is 2.57. The lowest BCUT2D eigenvalue weighted by Gasteiger charge is -2.21. The van der Waals surface area contributed by atoms with E-state index >= 15 is 0 Å². The van der Waals surface area contributed by atoms with Crippen molar-refractivity contribution >= 4 is 23.7 Å². The van der Waals surface area contributed by atoms with E-state index in [-0.39, 0.29) is 18.8 Å². The summed E-state index contributed by atoms with van der Waals surface area (Å²) in [7, 11) is 0. The second-order valence-corrected chi connectivity index (χ2v) is 5.98. The first kappa shape index (κ1) is 22.9. The molecule has 3 atom stereocenters. The number of aromatic nitrogens is 2. The number of aromatic amines is 1. The number of H-pyrrole nitrogens is 1. The van der Waals surface area contributed by atoms with Crippen LogP contribution >= 0.6 is 0 Å². The zero-order chi connectivity index (χ0) is 21.1. The molecule has 28 heavy (non-hydrogen) atoms. The van der Waals surface area contributed by atoms with E-state index in [4.69, 9.17) is 17.2 Å². The van der Waals surface area contributed by atoms with E-state index < -0.39 is 42.5 Å². The van der Waals surface area contributed by atoms with Gasteiger partial charge in [0, 0.05) is 24.9 Å². The van der Waals surface area contributed by atoms with Crippen LogP contribution in [-0.2, 0) is 20.8 Å². The molecule has 0 saturated heterocycles. The van der Waals surface area contributed by atoms with E-state index in [1.807, 2.05) is 0 Å². The number of hydrogen-bond donors (Lipinski definition) is 8. The molecule has 13 heteroatoms. The Bertz CT molecular complexity index is 674. The van der Waals surface area contributed by atoms with Crippen LogP contribution in [0, 0.1) is 0 Å². The number of amides is 2. The lowest BCUT2D eigenvalue weighted by molar-refractivity contribution is -0.142. The normalized spacial score (nSPS) is 13.8. The van der Waals surface area contributed by atoms with Gasteiger partial charge in [0.05, 0.1) is 19.0 Å². The summed E-state index contributed by atoms with van der Waals surface area (Å²) in [5.41, 5.74) is 16.6. The highest BCUT2D eigenvalue weighted by molar-refractivity contribution is 5.91. The number of nitrogens with two attached hydrogens (primary N) is 3. The molecule has 1 rings (SSSR count). The van der Waals surface area contributed by atoms with Gasteiger partial charge in [0.2, 0.25) is 11.8 Å². The van der Waals surface area contributed by atoms with Crippen molar-refractivity contribution in [3.05, 3.63) is 18.2 Å². The number of aliphatic hydroxyl groups is 1. The van der Waals surface area contributed by atoms with Gasteiger partial charge in [-0.25, -0.2) is 9.78 Å². The summed E-state index contributed by atoms with van der Waals surface area (Å²) in [5.74, 6) is -2.87. The van der Waals surface area contributed by atoms with Crippen molar-refractivity contribution in [2.24, 2.45) is 22.2 Å². The van der Waals surface area contributed by atoms with Gasteiger partial charge in [0.25, 0.3) is 0 Å². The molecule has 3 unspecified atom stereocenters. The van der Waals surface area contributed by atoms with Crippen molar-refractivity contribution in [3.8, 4) is 0 Å². The van der Waals surface area contributed by atoms with Crippen LogP contribution in [0.3, 0.4) is 0 Å². The van der Waals surface area contributed by atoms with Gasteiger partial charge >= 0.3 is 5.97 Å². The predicted octanol–water partition coefficient (Wildman–Crippen LogP) is -3.62. The monoisotopic (exact) mass is 398 g/mol. The maximum atomic E-state index is 12.2. The van der Waals surface area contributed by atoms with Gasteiger partial charge < -0.3 is 43.0 Å². The Labute approximate surface area is 160 Å². The van der Waals surface area contributed by atoms with Crippen molar-refractivity contribution in [3.63, 3.8) is 0 Å². The molecule has 0 saturated carbocycles. The lowest BCUT2D eigenvalue weighted by Crippen LogP contribution is -2.56. The van der Waals surface area contributed by atoms with E-state index in [1.165, 1.54) is 12.5 Å². The average Bonchev–Trinajstić information content (AvgIpc) is 3.14. The van der Waals surface area contributed by atoms with Gasteiger partial charge in [-0.2, -0.15) is 0 Å². The number of carboxylic acid groups (broad SMARTS) is 1. The van der Waals surface area contributed by atoms with Crippen molar-refractivity contribution in [1.82, 2.24) is 20.6 Å². The molecule has 0 fully saturated rings. The molecule has 0 aromatic carbocycles. The van der Waals surface area contributed by atoms with Crippen molar-refractivity contribution < 1.29 is 24.6 Å². The van der Waals surface area contributed by atoms with Crippen LogP contribution in [0.2, 0.25) is 0 Å². The number of rotatable bonds is 12. The number of guanidine groups is 1. The zero-order valence-corrected chi connectivity index (χ0v) is 15.2. The van der Waals surface area contributed by atoms with E-state index in [0.717, 1.165) is 0 Å². The van der Waals surface area contributed by atoms with Crippen LogP contribution < -0.4 is 27.8 Å². The topological polar surface area (TPSA) is 235 Å². The van der Waals surface area contributed by atoms with Crippen LogP contribution in [0.25, 0.3) is 0 Å². The van der Waals surface area contributed by atoms with Gasteiger partial charge in [0.15, 0.2) is 5.96 Å². The Hall–Kier alpha value is -3.19. The molecular formula is C15H26N8O5. The molecule has 0 aliphatic heterocycles. The first-order chi connectivity index (χ1) is 13.2. The second kappa shape index (κ2) is 11.5. The Morgan fingerprint density at radius 1 is 1.21 bits per heavy atom. The smallest absolute Gasteiger partial charge is 0.326 e. The highest BCUT2D eigenvalue weighted by Gasteiger charge is 2.27. The summed E-state index contributed by atoms with van der Waals surface area (Å²) in [6.45, 7) is -0.435. The van der Waals surface area contributed by atoms with Crippen molar-refractivity contribution in [1.29, 1.82) is 0 Å². The Morgan fingerprint density at radius 3 is 2.43 bits per heavy atom. The summed E-state index contributed by atoms with van der Waals surface area (Å²) in [6, 6.07) is -3.57. The Kier molecular flexibility index (Phi) is 9.39. The highest BCUT2D eigenvalue weighted by atomic mass is 16.4. The maximum Gasteiger partial charge on any atom is 0.326 e. The first-order valence-electron chi connectivity index (χ1n) is 8.47. The predicted molar refractivity (Wildman–Crippen MR) is 98.8 cm³/mol. The number of carbonyl (C=O) groups is 3. The third-order valence-corrected chi connectivity index (χ3v) is 3.71. The van der Waals surface area contributed by atoms with Crippen LogP contribution in [0.15, 0.2) is 17.5 Å². The summed E-state index contributed by atoms with van der Waals surface area (Å²) in [4.78, 5) is 45.9. The van der Waals surface area contributed by atoms with Gasteiger partial charge in [-0.05, 0) is 12.8 Å². The molecule has 156 valence electrons. The summed E-state index contributed by atoms with van der Waals surface area (Å²) < 4.78 is 0. The maximum absolute atomic E-state index is 12.2. The Morgan fingerprint density at radius 2 is 1.89 bits per heavy atom. The van der Waals surface area contributed by atoms with Crippen LogP contribution in [0.4, 0.5) is 0 Å². The van der Waals surface area contributed by atoms with Crippen molar-refractivity contribution in [2.75, 3.05) is 13.2 Å². The molecule has 1 aromatic rings. The molecule has 0 radical (unpaired) electrons. The van der Waals surface area contributed by atoms with E-state index in [9.17, 15) is 24.6 Å². The number of aliphatic carboxylic acids is 1. The minimum atomic E-state index is -1.35. The van der Waals surface area contributed by atoms with Crippen molar-refractivity contribution in [2.45, 2.75) is 37.4 Å². The molecule has 0 aliphatic carbocycles. The molecule has 1 heterocycles. The number of carbonyl (C=O) groups excluding carboxylic acids is 2. The summed E-state index contributed by atoms with van der Waals surface area (Å²) >= 11 is 0. The van der Waals surface area contributed by atoms with Gasteiger partial charge in [-0.1, -0.05) is 0 Å². The molecule has 0 bridgehead atoms. The third kappa shape index (κ3) is 8.01. The minimum Gasteiger partial charge on any atom is -0.480 e. The summed E-state index contributed by atoms with van der Waals surface area (Å²) in [6.07, 6.45) is 3.45. The standard InChI is InChI=1S/C15H26N8O5/c16-9(2-1-3-20-15(17)18)12(25)23-11(6-24)13(26)22-10(14(27)28)4-8-5-19-7-21-8/h5,7,9-11,24H,1-4,6,16H2,(H,19,21)(H,22,26)(H,23,25)(H,27,28)(H4,17,18,20). The SMILES string of the molecule is NC(N)=NCCCC(N)C(=O)NC(CO)C(=O)NC(Cc1cnc[nH]1)C(=O)O. The summed E-state index contributed by atoms with van der Waals surface area (Å²) in [5, 5.41) is 23.2. The number of hydrogen-bond acceptors (Lipinski definition) is 7. The second-order valence-electron chi connectivity index (χ2n) is 5.98. The van der Waals surface area contributed by atoms with E-state index in [0.29, 0.717) is 18.7 Å². The quantitative estimate of drug-likeness (QED) is 0.0983. The average molecular weight is 398 g/mol. The van der Waals surface area contributed by atoms with E-state index in [1.54, 1.807) is 0 Å². The zero-order valence-electron chi connectivity index (χ0n) is 15.2. The number of aliphatic hydroxyl groups excluding tert-OH is 1. The minimum absolute atomic E-state index is 0.0442.